The van der Waals surface area contributed by atoms with Crippen LogP contribution in [-0.4, -0.2) is 24.5 Å². The van der Waals surface area contributed by atoms with Crippen molar-refractivity contribution in [1.82, 2.24) is 15.6 Å². The van der Waals surface area contributed by atoms with Crippen molar-refractivity contribution < 1.29 is 0 Å². The maximum absolute atomic E-state index is 5.97. The van der Waals surface area contributed by atoms with E-state index in [1.165, 1.54) is 5.56 Å². The number of aliphatic imine (C=N–C) groups is 1. The van der Waals surface area contributed by atoms with Crippen molar-refractivity contribution in [2.75, 3.05) is 13.6 Å². The normalized spacial score (nSPS) is 11.3. The van der Waals surface area contributed by atoms with E-state index in [2.05, 4.69) is 26.7 Å². The van der Waals surface area contributed by atoms with Gasteiger partial charge in [0.2, 0.25) is 0 Å². The van der Waals surface area contributed by atoms with Crippen LogP contribution in [0.3, 0.4) is 0 Å². The molecule has 0 saturated heterocycles. The predicted molar refractivity (Wildman–Crippen MR) is 92.6 cm³/mol. The zero-order chi connectivity index (χ0) is 15.8. The number of nitrogens with one attached hydrogen (secondary N) is 2. The first-order valence-corrected chi connectivity index (χ1v) is 7.72. The highest BCUT2D eigenvalue weighted by atomic mass is 35.5. The van der Waals surface area contributed by atoms with Gasteiger partial charge in [-0.2, -0.15) is 0 Å². The van der Waals surface area contributed by atoms with Crippen molar-refractivity contribution >= 4 is 29.2 Å². The second kappa shape index (κ2) is 8.61. The van der Waals surface area contributed by atoms with Gasteiger partial charge in [0.1, 0.15) is 5.15 Å². The maximum atomic E-state index is 5.97. The average Bonchev–Trinajstić information content (AvgIpc) is 2.52. The van der Waals surface area contributed by atoms with E-state index in [0.717, 1.165) is 29.5 Å². The zero-order valence-electron chi connectivity index (χ0n) is 12.3. The lowest BCUT2D eigenvalue weighted by Crippen LogP contribution is -2.37. The van der Waals surface area contributed by atoms with Crippen LogP contribution in [0, 0.1) is 0 Å². The number of rotatable bonds is 5. The molecule has 0 radical (unpaired) electrons. The van der Waals surface area contributed by atoms with Crippen molar-refractivity contribution in [1.29, 1.82) is 0 Å². The molecule has 0 atom stereocenters. The summed E-state index contributed by atoms with van der Waals surface area (Å²) in [7, 11) is 1.74. The molecule has 0 bridgehead atoms. The van der Waals surface area contributed by atoms with Crippen molar-refractivity contribution in [2.24, 2.45) is 4.99 Å². The van der Waals surface area contributed by atoms with Gasteiger partial charge < -0.3 is 10.6 Å². The first-order valence-electron chi connectivity index (χ1n) is 6.97. The Morgan fingerprint density at radius 3 is 2.68 bits per heavy atom. The summed E-state index contributed by atoms with van der Waals surface area (Å²) in [5, 5.41) is 7.75. The summed E-state index contributed by atoms with van der Waals surface area (Å²) in [6.45, 7) is 1.42. The Morgan fingerprint density at radius 2 is 2.00 bits per heavy atom. The van der Waals surface area contributed by atoms with E-state index in [4.69, 9.17) is 23.2 Å². The third-order valence-corrected chi connectivity index (χ3v) is 3.53. The fourth-order valence-electron chi connectivity index (χ4n) is 1.94. The number of benzene rings is 1. The zero-order valence-corrected chi connectivity index (χ0v) is 13.8. The van der Waals surface area contributed by atoms with Crippen molar-refractivity contribution in [3.05, 3.63) is 63.9 Å². The van der Waals surface area contributed by atoms with Crippen LogP contribution in [0.2, 0.25) is 10.2 Å². The van der Waals surface area contributed by atoms with Gasteiger partial charge in [0.05, 0.1) is 0 Å². The largest absolute Gasteiger partial charge is 0.356 e. The molecule has 1 aromatic carbocycles. The van der Waals surface area contributed by atoms with Crippen LogP contribution in [0.1, 0.15) is 11.1 Å². The highest BCUT2D eigenvalue weighted by Gasteiger charge is 2.00. The van der Waals surface area contributed by atoms with Crippen LogP contribution < -0.4 is 10.6 Å². The first-order chi connectivity index (χ1) is 10.7. The number of guanidine groups is 1. The molecule has 2 aromatic rings. The van der Waals surface area contributed by atoms with E-state index >= 15 is 0 Å². The molecule has 2 N–H and O–H groups in total. The number of nitrogens with zero attached hydrogens (tertiary/aromatic N) is 2. The number of hydrogen-bond donors (Lipinski definition) is 2. The van der Waals surface area contributed by atoms with Crippen molar-refractivity contribution in [3.63, 3.8) is 0 Å². The van der Waals surface area contributed by atoms with Crippen LogP contribution in [0.15, 0.2) is 47.6 Å². The first kappa shape index (κ1) is 16.6. The van der Waals surface area contributed by atoms with Crippen molar-refractivity contribution in [2.45, 2.75) is 13.0 Å². The Hall–Kier alpha value is -1.78. The Balaban J connectivity index is 1.76. The maximum Gasteiger partial charge on any atom is 0.191 e. The topological polar surface area (TPSA) is 49.3 Å². The predicted octanol–water partition coefficient (Wildman–Crippen LogP) is 3.30. The summed E-state index contributed by atoms with van der Waals surface area (Å²) >= 11 is 11.7. The SMILES string of the molecule is CN=C(NCCc1cccc(Cl)c1)NCc1ccc(Cl)nc1. The number of hydrogen-bond acceptors (Lipinski definition) is 2. The van der Waals surface area contributed by atoms with Crippen LogP contribution in [0.5, 0.6) is 0 Å². The minimum absolute atomic E-state index is 0.493. The quantitative estimate of drug-likeness (QED) is 0.500. The van der Waals surface area contributed by atoms with E-state index in [-0.39, 0.29) is 0 Å². The lowest BCUT2D eigenvalue weighted by atomic mass is 10.1. The molecule has 0 amide bonds. The molecule has 4 nitrogen and oxygen atoms in total. The van der Waals surface area contributed by atoms with Gasteiger partial charge in [-0.15, -0.1) is 0 Å². The Bertz CT molecular complexity index is 626. The molecular weight excluding hydrogens is 319 g/mol. The van der Waals surface area contributed by atoms with E-state index in [0.29, 0.717) is 11.7 Å². The minimum atomic E-state index is 0.493. The smallest absolute Gasteiger partial charge is 0.191 e. The van der Waals surface area contributed by atoms with Crippen LogP contribution >= 0.6 is 23.2 Å². The van der Waals surface area contributed by atoms with Crippen LogP contribution in [-0.2, 0) is 13.0 Å². The molecule has 116 valence electrons. The Kier molecular flexibility index (Phi) is 6.49. The third kappa shape index (κ3) is 5.54. The van der Waals surface area contributed by atoms with Crippen LogP contribution in [0.25, 0.3) is 0 Å². The molecule has 6 heteroatoms. The number of aromatic nitrogens is 1. The van der Waals surface area contributed by atoms with Gasteiger partial charge in [-0.05, 0) is 35.7 Å². The molecule has 0 aliphatic rings. The molecule has 0 aliphatic carbocycles. The monoisotopic (exact) mass is 336 g/mol. The second-order valence-electron chi connectivity index (χ2n) is 4.72. The van der Waals surface area contributed by atoms with Crippen LogP contribution in [0.4, 0.5) is 0 Å². The summed E-state index contributed by atoms with van der Waals surface area (Å²) in [5.41, 5.74) is 2.24. The van der Waals surface area contributed by atoms with Gasteiger partial charge in [0.25, 0.3) is 0 Å². The molecule has 0 unspecified atom stereocenters. The molecule has 22 heavy (non-hydrogen) atoms. The molecule has 2 rings (SSSR count). The summed E-state index contributed by atoms with van der Waals surface area (Å²) in [4.78, 5) is 8.24. The molecule has 0 spiro atoms. The molecule has 1 aromatic heterocycles. The Labute approximate surface area is 140 Å². The average molecular weight is 337 g/mol. The molecule has 0 fully saturated rings. The lowest BCUT2D eigenvalue weighted by Gasteiger charge is -2.12. The molecular formula is C16H18Cl2N4. The van der Waals surface area contributed by atoms with Gasteiger partial charge >= 0.3 is 0 Å². The van der Waals surface area contributed by atoms with Gasteiger partial charge in [-0.25, -0.2) is 4.98 Å². The summed E-state index contributed by atoms with van der Waals surface area (Å²) in [6.07, 6.45) is 2.62. The highest BCUT2D eigenvalue weighted by molar-refractivity contribution is 6.30. The van der Waals surface area contributed by atoms with Gasteiger partial charge in [-0.1, -0.05) is 41.4 Å². The van der Waals surface area contributed by atoms with Gasteiger partial charge in [0.15, 0.2) is 5.96 Å². The molecule has 1 heterocycles. The van der Waals surface area contributed by atoms with Gasteiger partial charge in [0, 0.05) is 31.4 Å². The van der Waals surface area contributed by atoms with E-state index in [1.807, 2.05) is 24.3 Å². The summed E-state index contributed by atoms with van der Waals surface area (Å²) < 4.78 is 0. The van der Waals surface area contributed by atoms with E-state index in [9.17, 15) is 0 Å². The number of pyridine rings is 1. The highest BCUT2D eigenvalue weighted by Crippen LogP contribution is 2.10. The Morgan fingerprint density at radius 1 is 1.14 bits per heavy atom. The second-order valence-corrected chi connectivity index (χ2v) is 5.55. The third-order valence-electron chi connectivity index (χ3n) is 3.07. The fourth-order valence-corrected chi connectivity index (χ4v) is 2.26. The van der Waals surface area contributed by atoms with Gasteiger partial charge in [-0.3, -0.25) is 4.99 Å². The van der Waals surface area contributed by atoms with E-state index < -0.39 is 0 Å². The summed E-state index contributed by atoms with van der Waals surface area (Å²) in [6, 6.07) is 11.6. The summed E-state index contributed by atoms with van der Waals surface area (Å²) in [5.74, 6) is 0.747. The lowest BCUT2D eigenvalue weighted by molar-refractivity contribution is 0.793. The fraction of sp³-hybridized carbons (Fsp3) is 0.250. The molecule has 0 saturated carbocycles. The molecule has 0 aliphatic heterocycles. The minimum Gasteiger partial charge on any atom is -0.356 e. The van der Waals surface area contributed by atoms with Crippen molar-refractivity contribution in [3.8, 4) is 0 Å². The van der Waals surface area contributed by atoms with E-state index in [1.54, 1.807) is 19.3 Å². The number of halogens is 2. The standard InChI is InChI=1S/C16H18Cl2N4/c1-19-16(22-11-13-5-6-15(18)21-10-13)20-8-7-12-3-2-4-14(17)9-12/h2-6,9-10H,7-8,11H2,1H3,(H2,19,20,22).